The van der Waals surface area contributed by atoms with Crippen LogP contribution < -0.4 is 0 Å². The first kappa shape index (κ1) is 21.2. The molecular weight excluding hydrogens is 342 g/mol. The van der Waals surface area contributed by atoms with Gasteiger partial charge in [-0.1, -0.05) is 56.2 Å². The topological polar surface area (TPSA) is 77.8 Å². The molecule has 1 aliphatic rings. The second-order valence-electron chi connectivity index (χ2n) is 7.18. The summed E-state index contributed by atoms with van der Waals surface area (Å²) >= 11 is 0. The summed E-state index contributed by atoms with van der Waals surface area (Å²) in [5.41, 5.74) is 2.07. The van der Waals surface area contributed by atoms with Crippen LogP contribution in [0.15, 0.2) is 36.4 Å². The Labute approximate surface area is 161 Å². The molecule has 0 bridgehead atoms. The van der Waals surface area contributed by atoms with E-state index < -0.39 is 12.1 Å². The van der Waals surface area contributed by atoms with Gasteiger partial charge in [0.15, 0.2) is 0 Å². The molecule has 0 spiro atoms. The first-order valence-electron chi connectivity index (χ1n) is 9.97. The molecule has 1 aromatic rings. The number of unbranched alkanes of at least 4 members (excludes halogenated alkanes) is 3. The maximum atomic E-state index is 12.1. The number of benzene rings is 1. The molecule has 2 atom stereocenters. The van der Waals surface area contributed by atoms with Gasteiger partial charge in [0.2, 0.25) is 5.91 Å². The second-order valence-corrected chi connectivity index (χ2v) is 7.18. The van der Waals surface area contributed by atoms with E-state index in [4.69, 9.17) is 5.11 Å². The zero-order valence-corrected chi connectivity index (χ0v) is 16.1. The lowest BCUT2D eigenvalue weighted by Gasteiger charge is -2.22. The lowest BCUT2D eigenvalue weighted by Crippen LogP contribution is -2.32. The number of rotatable bonds is 11. The first-order chi connectivity index (χ1) is 13.0. The van der Waals surface area contributed by atoms with Crippen LogP contribution >= 0.6 is 0 Å². The Kier molecular flexibility index (Phi) is 8.52. The van der Waals surface area contributed by atoms with Crippen LogP contribution in [0.25, 0.3) is 0 Å². The Hall–Kier alpha value is -2.14. The first-order valence-corrected chi connectivity index (χ1v) is 9.97. The van der Waals surface area contributed by atoms with Crippen molar-refractivity contribution in [1.82, 2.24) is 4.90 Å². The molecule has 2 N–H and O–H groups in total. The van der Waals surface area contributed by atoms with Crippen LogP contribution in [-0.2, 0) is 16.0 Å². The number of hydrogen-bond donors (Lipinski definition) is 2. The number of carboxylic acids is 1. The third-order valence-corrected chi connectivity index (χ3v) is 5.13. The van der Waals surface area contributed by atoms with Crippen molar-refractivity contribution in [3.63, 3.8) is 0 Å². The van der Waals surface area contributed by atoms with E-state index in [1.165, 1.54) is 5.56 Å². The fourth-order valence-electron chi connectivity index (χ4n) is 3.50. The Balaban J connectivity index is 1.83. The van der Waals surface area contributed by atoms with Crippen molar-refractivity contribution < 1.29 is 19.8 Å². The highest BCUT2D eigenvalue weighted by Gasteiger charge is 2.28. The van der Waals surface area contributed by atoms with Crippen LogP contribution in [0.3, 0.4) is 0 Å². The molecule has 0 saturated carbocycles. The number of amides is 1. The smallest absolute Gasteiger partial charge is 0.303 e. The third-order valence-electron chi connectivity index (χ3n) is 5.13. The molecule has 0 aromatic heterocycles. The van der Waals surface area contributed by atoms with Crippen molar-refractivity contribution in [1.29, 1.82) is 0 Å². The maximum Gasteiger partial charge on any atom is 0.303 e. The minimum atomic E-state index is -0.752. The number of carbonyl (C=O) groups excluding carboxylic acids is 1. The molecular formula is C22H31NO4. The number of aryl methyl sites for hydroxylation is 1. The van der Waals surface area contributed by atoms with Gasteiger partial charge in [0.25, 0.3) is 0 Å². The summed E-state index contributed by atoms with van der Waals surface area (Å²) in [6.07, 6.45) is 8.95. The number of likely N-dealkylation sites (tertiary alicyclic amines) is 1. The summed E-state index contributed by atoms with van der Waals surface area (Å²) in [7, 11) is 0. The van der Waals surface area contributed by atoms with Gasteiger partial charge in [0.05, 0.1) is 12.1 Å². The quantitative estimate of drug-likeness (QED) is 0.456. The molecule has 1 amide bonds. The Morgan fingerprint density at radius 1 is 1.30 bits per heavy atom. The molecule has 1 unspecified atom stereocenters. The zero-order valence-electron chi connectivity index (χ0n) is 16.1. The standard InChI is InChI=1S/C22H31NO4/c1-2-17-8-7-9-18(16-17)20(24)13-11-19-12-14-21(25)23(19)15-6-4-3-5-10-22(26)27/h7-9,11,13,16,19-20,24H,2-6,10,12,14-15H2,1H3,(H,26,27)/t19?,20-/m1/s1. The average molecular weight is 373 g/mol. The maximum absolute atomic E-state index is 12.1. The van der Waals surface area contributed by atoms with Gasteiger partial charge in [-0.15, -0.1) is 0 Å². The van der Waals surface area contributed by atoms with Crippen LogP contribution in [0.1, 0.15) is 69.1 Å². The molecule has 1 fully saturated rings. The molecule has 27 heavy (non-hydrogen) atoms. The van der Waals surface area contributed by atoms with Crippen LogP contribution in [0.5, 0.6) is 0 Å². The molecule has 5 nitrogen and oxygen atoms in total. The number of hydrogen-bond acceptors (Lipinski definition) is 3. The molecule has 5 heteroatoms. The van der Waals surface area contributed by atoms with Gasteiger partial charge in [0.1, 0.15) is 0 Å². The largest absolute Gasteiger partial charge is 0.481 e. The highest BCUT2D eigenvalue weighted by Crippen LogP contribution is 2.23. The minimum Gasteiger partial charge on any atom is -0.481 e. The van der Waals surface area contributed by atoms with E-state index >= 15 is 0 Å². The summed E-state index contributed by atoms with van der Waals surface area (Å²) in [5, 5.41) is 19.1. The number of carboxylic acid groups (broad SMARTS) is 1. The van der Waals surface area contributed by atoms with Gasteiger partial charge < -0.3 is 15.1 Å². The van der Waals surface area contributed by atoms with Gasteiger partial charge in [-0.3, -0.25) is 9.59 Å². The summed E-state index contributed by atoms with van der Waals surface area (Å²) in [4.78, 5) is 24.5. The molecule has 1 saturated heterocycles. The molecule has 1 aromatic carbocycles. The van der Waals surface area contributed by atoms with E-state index in [-0.39, 0.29) is 18.4 Å². The van der Waals surface area contributed by atoms with E-state index in [1.54, 1.807) is 6.08 Å². The van der Waals surface area contributed by atoms with E-state index in [2.05, 4.69) is 6.92 Å². The van der Waals surface area contributed by atoms with E-state index in [0.717, 1.165) is 37.7 Å². The fraction of sp³-hybridized carbons (Fsp3) is 0.545. The summed E-state index contributed by atoms with van der Waals surface area (Å²) < 4.78 is 0. The Morgan fingerprint density at radius 2 is 2.07 bits per heavy atom. The van der Waals surface area contributed by atoms with Crippen molar-refractivity contribution in [3.05, 3.63) is 47.5 Å². The fourth-order valence-corrected chi connectivity index (χ4v) is 3.50. The highest BCUT2D eigenvalue weighted by atomic mass is 16.4. The third kappa shape index (κ3) is 6.83. The summed E-state index contributed by atoms with van der Waals surface area (Å²) in [5.74, 6) is -0.587. The number of aliphatic hydroxyl groups excluding tert-OH is 1. The number of aliphatic hydroxyl groups is 1. The number of aliphatic carboxylic acids is 1. The SMILES string of the molecule is CCc1cccc([C@H](O)C=CC2CCC(=O)N2CCCCCCC(=O)O)c1. The molecule has 148 valence electrons. The van der Waals surface area contributed by atoms with Crippen molar-refractivity contribution in [2.24, 2.45) is 0 Å². The monoisotopic (exact) mass is 373 g/mol. The van der Waals surface area contributed by atoms with Gasteiger partial charge in [0, 0.05) is 19.4 Å². The van der Waals surface area contributed by atoms with Crippen LogP contribution in [0.2, 0.25) is 0 Å². The lowest BCUT2D eigenvalue weighted by atomic mass is 10.0. The van der Waals surface area contributed by atoms with Crippen LogP contribution in [0, 0.1) is 0 Å². The second kappa shape index (κ2) is 10.9. The Bertz CT molecular complexity index is 655. The molecule has 1 heterocycles. The summed E-state index contributed by atoms with van der Waals surface area (Å²) in [6.45, 7) is 2.79. The van der Waals surface area contributed by atoms with Crippen molar-refractivity contribution >= 4 is 11.9 Å². The van der Waals surface area contributed by atoms with Crippen molar-refractivity contribution in [2.45, 2.75) is 70.4 Å². The van der Waals surface area contributed by atoms with Crippen molar-refractivity contribution in [3.8, 4) is 0 Å². The molecule has 1 aliphatic heterocycles. The van der Waals surface area contributed by atoms with E-state index in [1.807, 2.05) is 35.2 Å². The molecule has 0 radical (unpaired) electrons. The predicted octanol–water partition coefficient (Wildman–Crippen LogP) is 3.86. The molecule has 2 rings (SSSR count). The predicted molar refractivity (Wildman–Crippen MR) is 105 cm³/mol. The van der Waals surface area contributed by atoms with E-state index in [9.17, 15) is 14.7 Å². The van der Waals surface area contributed by atoms with E-state index in [0.29, 0.717) is 19.4 Å². The number of carbonyl (C=O) groups is 2. The van der Waals surface area contributed by atoms with Gasteiger partial charge >= 0.3 is 5.97 Å². The summed E-state index contributed by atoms with van der Waals surface area (Å²) in [6, 6.07) is 7.99. The van der Waals surface area contributed by atoms with Crippen LogP contribution in [0.4, 0.5) is 0 Å². The lowest BCUT2D eigenvalue weighted by molar-refractivity contribution is -0.137. The average Bonchev–Trinajstić information content (AvgIpc) is 3.02. The van der Waals surface area contributed by atoms with Crippen molar-refractivity contribution in [2.75, 3.05) is 6.54 Å². The van der Waals surface area contributed by atoms with Gasteiger partial charge in [-0.05, 0) is 36.8 Å². The normalized spacial score (nSPS) is 18.4. The highest BCUT2D eigenvalue weighted by molar-refractivity contribution is 5.79. The molecule has 0 aliphatic carbocycles. The van der Waals surface area contributed by atoms with Crippen LogP contribution in [-0.4, -0.2) is 39.6 Å². The zero-order chi connectivity index (χ0) is 19.6. The van der Waals surface area contributed by atoms with Gasteiger partial charge in [-0.25, -0.2) is 0 Å². The minimum absolute atomic E-state index is 0.0422. The Morgan fingerprint density at radius 3 is 2.81 bits per heavy atom. The number of nitrogens with zero attached hydrogens (tertiary/aromatic N) is 1. The van der Waals surface area contributed by atoms with Gasteiger partial charge in [-0.2, -0.15) is 0 Å².